The first-order chi connectivity index (χ1) is 27.0. The van der Waals surface area contributed by atoms with Gasteiger partial charge in [-0.3, -0.25) is 14.5 Å². The van der Waals surface area contributed by atoms with E-state index in [-0.39, 0.29) is 35.6 Å². The summed E-state index contributed by atoms with van der Waals surface area (Å²) < 4.78 is 23.3. The number of carbonyl (C=O) groups excluding carboxylic acids is 2. The molecule has 296 valence electrons. The second-order valence-electron chi connectivity index (χ2n) is 17.5. The predicted molar refractivity (Wildman–Crippen MR) is 217 cm³/mol. The van der Waals surface area contributed by atoms with Crippen molar-refractivity contribution in [3.63, 3.8) is 0 Å². The summed E-state index contributed by atoms with van der Waals surface area (Å²) in [7, 11) is 0. The van der Waals surface area contributed by atoms with Gasteiger partial charge in [0.15, 0.2) is 5.82 Å². The lowest BCUT2D eigenvalue weighted by atomic mass is 9.73. The van der Waals surface area contributed by atoms with E-state index in [1.807, 2.05) is 24.5 Å². The molecule has 5 aliphatic rings. The number of benzene rings is 2. The van der Waals surface area contributed by atoms with Gasteiger partial charge in [0.2, 0.25) is 5.91 Å². The zero-order valence-corrected chi connectivity index (χ0v) is 33.4. The van der Waals surface area contributed by atoms with Gasteiger partial charge < -0.3 is 29.7 Å². The molecular weight excluding hydrogens is 708 g/mol. The second-order valence-corrected chi connectivity index (χ2v) is 17.5. The van der Waals surface area contributed by atoms with Gasteiger partial charge in [0, 0.05) is 41.0 Å². The standard InChI is InChI=1S/C44H55FN8O3/c1-26(2)47-42(54)33-21-37(35(45)17-28(33)5)49-41-40-38(46-25-52(40)27(3)4)22-36(48-41)29-9-10-34-39(18-29)53(31-19-30(20-31)50-13-7-6-8-14-50)43(55)44(34)11-15-51(16-12-44)32-23-56-24-32/h9-10,17-18,21-22,25-27,30-32H,6-8,11-16,19-20,23-24H2,1-5H3,(H,47,54)(H,48,49). The van der Waals surface area contributed by atoms with Crippen LogP contribution in [0, 0.1) is 12.7 Å². The number of fused-ring (bicyclic) bond motifs is 3. The van der Waals surface area contributed by atoms with E-state index in [4.69, 9.17) is 14.7 Å². The average Bonchev–Trinajstić information content (AvgIpc) is 3.67. The van der Waals surface area contributed by atoms with Crippen LogP contribution in [0.2, 0.25) is 0 Å². The lowest BCUT2D eigenvalue weighted by Crippen LogP contribution is -2.59. The van der Waals surface area contributed by atoms with Gasteiger partial charge in [-0.05, 0) is 135 Å². The van der Waals surface area contributed by atoms with Crippen LogP contribution in [0.3, 0.4) is 0 Å². The van der Waals surface area contributed by atoms with Crippen molar-refractivity contribution < 1.29 is 18.7 Å². The minimum absolute atomic E-state index is 0.0641. The Bertz CT molecular complexity index is 2160. The number of hydrogen-bond donors (Lipinski definition) is 2. The van der Waals surface area contributed by atoms with E-state index >= 15 is 4.39 Å². The van der Waals surface area contributed by atoms with E-state index in [1.165, 1.54) is 25.3 Å². The highest BCUT2D eigenvalue weighted by molar-refractivity contribution is 6.09. The van der Waals surface area contributed by atoms with Crippen molar-refractivity contribution in [2.45, 2.75) is 115 Å². The van der Waals surface area contributed by atoms with Gasteiger partial charge in [0.1, 0.15) is 11.3 Å². The smallest absolute Gasteiger partial charge is 0.251 e. The van der Waals surface area contributed by atoms with Crippen LogP contribution in [0.1, 0.15) is 100 Å². The van der Waals surface area contributed by atoms with Gasteiger partial charge in [0.05, 0.1) is 47.9 Å². The lowest BCUT2D eigenvalue weighted by Gasteiger charge is -2.48. The summed E-state index contributed by atoms with van der Waals surface area (Å²) in [6.07, 6.45) is 9.24. The highest BCUT2D eigenvalue weighted by Gasteiger charge is 2.56. The van der Waals surface area contributed by atoms with Crippen LogP contribution in [0.5, 0.6) is 0 Å². The number of imidazole rings is 1. The molecule has 1 spiro atoms. The van der Waals surface area contributed by atoms with Crippen LogP contribution < -0.4 is 15.5 Å². The van der Waals surface area contributed by atoms with Gasteiger partial charge in [-0.15, -0.1) is 0 Å². The van der Waals surface area contributed by atoms with Crippen LogP contribution in [-0.2, 0) is 14.9 Å². The molecule has 4 aromatic rings. The number of aromatic nitrogens is 3. The summed E-state index contributed by atoms with van der Waals surface area (Å²) in [6, 6.07) is 12.5. The molecule has 6 heterocycles. The first-order valence-corrected chi connectivity index (χ1v) is 20.8. The molecule has 3 saturated heterocycles. The predicted octanol–water partition coefficient (Wildman–Crippen LogP) is 7.10. The Morgan fingerprint density at radius 2 is 1.66 bits per heavy atom. The summed E-state index contributed by atoms with van der Waals surface area (Å²) in [5.41, 5.74) is 5.73. The molecule has 2 N–H and O–H groups in total. The zero-order chi connectivity index (χ0) is 38.9. The number of piperidine rings is 2. The average molecular weight is 763 g/mol. The molecule has 9 rings (SSSR count). The van der Waals surface area contributed by atoms with Crippen molar-refractivity contribution >= 4 is 40.0 Å². The number of rotatable bonds is 9. The van der Waals surface area contributed by atoms with Crippen molar-refractivity contribution in [3.05, 3.63) is 65.2 Å². The Labute approximate surface area is 329 Å². The summed E-state index contributed by atoms with van der Waals surface area (Å²) >= 11 is 0. The maximum atomic E-state index is 15.7. The third-order valence-corrected chi connectivity index (χ3v) is 13.2. The minimum atomic E-state index is -0.534. The molecule has 2 amide bonds. The number of pyridine rings is 1. The second kappa shape index (κ2) is 14.5. The summed E-state index contributed by atoms with van der Waals surface area (Å²) in [5.74, 6) is -0.0333. The Hall–Kier alpha value is -4.39. The maximum Gasteiger partial charge on any atom is 0.251 e. The molecule has 2 aromatic heterocycles. The number of nitrogens with zero attached hydrogens (tertiary/aromatic N) is 6. The molecule has 4 aliphatic heterocycles. The van der Waals surface area contributed by atoms with Gasteiger partial charge in [0.25, 0.3) is 5.91 Å². The molecule has 0 radical (unpaired) electrons. The number of hydrogen-bond acceptors (Lipinski definition) is 8. The van der Waals surface area contributed by atoms with Gasteiger partial charge in [-0.25, -0.2) is 14.4 Å². The molecule has 0 bridgehead atoms. The van der Waals surface area contributed by atoms with E-state index in [9.17, 15) is 9.59 Å². The fourth-order valence-electron chi connectivity index (χ4n) is 9.82. The molecule has 4 fully saturated rings. The number of halogens is 1. The number of ether oxygens (including phenoxy) is 1. The molecule has 56 heavy (non-hydrogen) atoms. The minimum Gasteiger partial charge on any atom is -0.378 e. The molecule has 1 saturated carbocycles. The number of likely N-dealkylation sites (tertiary alicyclic amines) is 2. The fraction of sp³-hybridized carbons (Fsp3) is 0.545. The van der Waals surface area contributed by atoms with E-state index < -0.39 is 11.2 Å². The van der Waals surface area contributed by atoms with Crippen molar-refractivity contribution in [3.8, 4) is 11.3 Å². The number of aryl methyl sites for hydroxylation is 1. The Balaban J connectivity index is 1.10. The largest absolute Gasteiger partial charge is 0.378 e. The normalized spacial score (nSPS) is 22.9. The third kappa shape index (κ3) is 6.37. The number of amides is 2. The van der Waals surface area contributed by atoms with E-state index in [1.54, 1.807) is 19.3 Å². The third-order valence-electron chi connectivity index (χ3n) is 13.2. The number of carbonyl (C=O) groups is 2. The maximum absolute atomic E-state index is 15.7. The Morgan fingerprint density at radius 1 is 0.929 bits per heavy atom. The summed E-state index contributed by atoms with van der Waals surface area (Å²) in [6.45, 7) is 15.3. The molecule has 1 aliphatic carbocycles. The first kappa shape index (κ1) is 37.2. The highest BCUT2D eigenvalue weighted by Crippen LogP contribution is 2.52. The highest BCUT2D eigenvalue weighted by atomic mass is 19.1. The van der Waals surface area contributed by atoms with Crippen molar-refractivity contribution in [1.29, 1.82) is 0 Å². The van der Waals surface area contributed by atoms with Gasteiger partial charge in [-0.2, -0.15) is 0 Å². The lowest BCUT2D eigenvalue weighted by molar-refractivity contribution is -0.128. The van der Waals surface area contributed by atoms with Crippen LogP contribution in [-0.4, -0.2) is 99.7 Å². The van der Waals surface area contributed by atoms with Crippen LogP contribution in [0.15, 0.2) is 42.7 Å². The summed E-state index contributed by atoms with van der Waals surface area (Å²) in [4.78, 5) is 45.3. The Morgan fingerprint density at radius 3 is 2.34 bits per heavy atom. The molecule has 11 nitrogen and oxygen atoms in total. The van der Waals surface area contributed by atoms with Crippen LogP contribution >= 0.6 is 0 Å². The fourth-order valence-corrected chi connectivity index (χ4v) is 9.82. The monoisotopic (exact) mass is 762 g/mol. The zero-order valence-electron chi connectivity index (χ0n) is 33.4. The van der Waals surface area contributed by atoms with Gasteiger partial charge in [-0.1, -0.05) is 18.6 Å². The van der Waals surface area contributed by atoms with Crippen molar-refractivity contribution in [1.82, 2.24) is 29.7 Å². The van der Waals surface area contributed by atoms with E-state index in [0.29, 0.717) is 34.7 Å². The molecule has 2 aromatic carbocycles. The molecule has 0 atom stereocenters. The van der Waals surface area contributed by atoms with E-state index in [2.05, 4.69) is 57.4 Å². The molecule has 0 unspecified atom stereocenters. The SMILES string of the molecule is Cc1cc(F)c(Nc2nc(-c3ccc4c(c3)N(C3CC(N5CCCCC5)C3)C(=O)C43CCN(C4COC4)CC3)cc3ncn(C(C)C)c23)cc1C(=O)NC(C)C. The number of anilines is 3. The Kier molecular flexibility index (Phi) is 9.65. The van der Waals surface area contributed by atoms with Crippen molar-refractivity contribution in [2.24, 2.45) is 0 Å². The van der Waals surface area contributed by atoms with Gasteiger partial charge >= 0.3 is 0 Å². The van der Waals surface area contributed by atoms with E-state index in [0.717, 1.165) is 92.9 Å². The summed E-state index contributed by atoms with van der Waals surface area (Å²) in [5, 5.41) is 6.21. The van der Waals surface area contributed by atoms with Crippen LogP contribution in [0.4, 0.5) is 21.6 Å². The topological polar surface area (TPSA) is 108 Å². The molecular formula is C44H55FN8O3. The first-order valence-electron chi connectivity index (χ1n) is 20.8. The van der Waals surface area contributed by atoms with Crippen LogP contribution in [0.25, 0.3) is 22.3 Å². The molecule has 12 heteroatoms. The quantitative estimate of drug-likeness (QED) is 0.186. The van der Waals surface area contributed by atoms with Crippen molar-refractivity contribution in [2.75, 3.05) is 49.6 Å². The number of nitrogens with one attached hydrogen (secondary N) is 2.